The molecule has 0 spiro atoms. The molecule has 0 aromatic heterocycles. The fourth-order valence-electron chi connectivity index (χ4n) is 3.12. The molecule has 162 valence electrons. The first-order valence-electron chi connectivity index (χ1n) is 10.1. The molecule has 0 fully saturated rings. The van der Waals surface area contributed by atoms with Crippen molar-refractivity contribution in [3.63, 3.8) is 0 Å². The number of hydrogen-bond acceptors (Lipinski definition) is 5. The van der Waals surface area contributed by atoms with Crippen LogP contribution in [0.15, 0.2) is 72.8 Å². The van der Waals surface area contributed by atoms with Gasteiger partial charge in [-0.1, -0.05) is 30.3 Å². The molecule has 0 heterocycles. The van der Waals surface area contributed by atoms with E-state index < -0.39 is 6.10 Å². The van der Waals surface area contributed by atoms with Gasteiger partial charge >= 0.3 is 0 Å². The van der Waals surface area contributed by atoms with E-state index in [2.05, 4.69) is 5.32 Å². The zero-order valence-electron chi connectivity index (χ0n) is 17.7. The SMILES string of the molecule is COc1ccc(C(O)CCC(=O)Nc2ccc(OCc3ccccc3)cc2)c(OC)c1. The molecule has 6 heteroatoms. The number of aliphatic hydroxyl groups excluding tert-OH is 1. The van der Waals surface area contributed by atoms with Gasteiger partial charge < -0.3 is 24.6 Å². The Balaban J connectivity index is 1.48. The highest BCUT2D eigenvalue weighted by Gasteiger charge is 2.16. The average Bonchev–Trinajstić information content (AvgIpc) is 2.82. The predicted molar refractivity (Wildman–Crippen MR) is 120 cm³/mol. The Morgan fingerprint density at radius 3 is 2.32 bits per heavy atom. The lowest BCUT2D eigenvalue weighted by Crippen LogP contribution is -2.13. The normalized spacial score (nSPS) is 11.5. The number of amides is 1. The van der Waals surface area contributed by atoms with Gasteiger partial charge in [0.1, 0.15) is 23.9 Å². The smallest absolute Gasteiger partial charge is 0.224 e. The van der Waals surface area contributed by atoms with E-state index in [1.165, 1.54) is 7.11 Å². The van der Waals surface area contributed by atoms with Crippen molar-refractivity contribution in [1.82, 2.24) is 0 Å². The van der Waals surface area contributed by atoms with E-state index in [-0.39, 0.29) is 18.7 Å². The Hall–Kier alpha value is -3.51. The third-order valence-corrected chi connectivity index (χ3v) is 4.83. The lowest BCUT2D eigenvalue weighted by molar-refractivity contribution is -0.116. The quantitative estimate of drug-likeness (QED) is 0.495. The van der Waals surface area contributed by atoms with Crippen LogP contribution in [0.5, 0.6) is 17.2 Å². The molecule has 1 unspecified atom stereocenters. The first-order chi connectivity index (χ1) is 15.1. The molecular formula is C25H27NO5. The van der Waals surface area contributed by atoms with Crippen LogP contribution in [-0.4, -0.2) is 25.2 Å². The largest absolute Gasteiger partial charge is 0.497 e. The summed E-state index contributed by atoms with van der Waals surface area (Å²) in [4.78, 5) is 12.3. The molecule has 0 saturated carbocycles. The molecule has 3 rings (SSSR count). The number of hydrogen-bond donors (Lipinski definition) is 2. The van der Waals surface area contributed by atoms with Crippen LogP contribution in [0.25, 0.3) is 0 Å². The van der Waals surface area contributed by atoms with Crippen molar-refractivity contribution in [1.29, 1.82) is 0 Å². The molecule has 0 radical (unpaired) electrons. The fourth-order valence-corrected chi connectivity index (χ4v) is 3.12. The molecule has 0 aliphatic heterocycles. The van der Waals surface area contributed by atoms with Crippen molar-refractivity contribution < 1.29 is 24.1 Å². The Bertz CT molecular complexity index is 973. The molecular weight excluding hydrogens is 394 g/mol. The average molecular weight is 421 g/mol. The van der Waals surface area contributed by atoms with Gasteiger partial charge in [0, 0.05) is 23.7 Å². The molecule has 0 saturated heterocycles. The van der Waals surface area contributed by atoms with Gasteiger partial charge in [0.2, 0.25) is 5.91 Å². The molecule has 0 bridgehead atoms. The fraction of sp³-hybridized carbons (Fsp3) is 0.240. The van der Waals surface area contributed by atoms with Crippen LogP contribution < -0.4 is 19.5 Å². The minimum Gasteiger partial charge on any atom is -0.497 e. The van der Waals surface area contributed by atoms with Crippen LogP contribution in [0, 0.1) is 0 Å². The molecule has 3 aromatic rings. The van der Waals surface area contributed by atoms with Gasteiger partial charge in [-0.25, -0.2) is 0 Å². The number of benzene rings is 3. The van der Waals surface area contributed by atoms with Crippen molar-refractivity contribution in [2.75, 3.05) is 19.5 Å². The number of rotatable bonds is 10. The highest BCUT2D eigenvalue weighted by Crippen LogP contribution is 2.31. The molecule has 1 atom stereocenters. The van der Waals surface area contributed by atoms with E-state index in [0.717, 1.165) is 11.3 Å². The molecule has 0 aliphatic rings. The van der Waals surface area contributed by atoms with Gasteiger partial charge in [-0.15, -0.1) is 0 Å². The summed E-state index contributed by atoms with van der Waals surface area (Å²) in [5, 5.41) is 13.3. The number of carbonyl (C=O) groups is 1. The summed E-state index contributed by atoms with van der Waals surface area (Å²) in [6.07, 6.45) is -0.379. The molecule has 0 aliphatic carbocycles. The van der Waals surface area contributed by atoms with Gasteiger partial charge in [0.15, 0.2) is 0 Å². The summed E-state index contributed by atoms with van der Waals surface area (Å²) in [5.41, 5.74) is 2.39. The van der Waals surface area contributed by atoms with Crippen molar-refractivity contribution in [3.05, 3.63) is 83.9 Å². The maximum Gasteiger partial charge on any atom is 0.224 e. The van der Waals surface area contributed by atoms with Gasteiger partial charge in [-0.3, -0.25) is 4.79 Å². The minimum atomic E-state index is -0.819. The summed E-state index contributed by atoms with van der Waals surface area (Å²) in [5.74, 6) is 1.72. The summed E-state index contributed by atoms with van der Waals surface area (Å²) in [6, 6.07) is 22.3. The maximum absolute atomic E-state index is 12.3. The monoisotopic (exact) mass is 421 g/mol. The Labute approximate surface area is 182 Å². The molecule has 6 nitrogen and oxygen atoms in total. The Morgan fingerprint density at radius 1 is 0.935 bits per heavy atom. The minimum absolute atomic E-state index is 0.169. The molecule has 3 aromatic carbocycles. The van der Waals surface area contributed by atoms with Crippen molar-refractivity contribution >= 4 is 11.6 Å². The van der Waals surface area contributed by atoms with E-state index in [4.69, 9.17) is 14.2 Å². The second-order valence-corrected chi connectivity index (χ2v) is 7.01. The number of anilines is 1. The second kappa shape index (κ2) is 11.0. The summed E-state index contributed by atoms with van der Waals surface area (Å²) in [7, 11) is 3.10. The van der Waals surface area contributed by atoms with Crippen molar-refractivity contribution in [2.24, 2.45) is 0 Å². The maximum atomic E-state index is 12.3. The van der Waals surface area contributed by atoms with E-state index in [0.29, 0.717) is 29.4 Å². The number of nitrogens with one attached hydrogen (secondary N) is 1. The standard InChI is InChI=1S/C25H27NO5/c1-29-21-12-13-22(24(16-21)30-2)23(27)14-15-25(28)26-19-8-10-20(11-9-19)31-17-18-6-4-3-5-7-18/h3-13,16,23,27H,14-15,17H2,1-2H3,(H,26,28). The first kappa shape index (κ1) is 22.2. The number of aliphatic hydroxyl groups is 1. The molecule has 1 amide bonds. The van der Waals surface area contributed by atoms with Crippen molar-refractivity contribution in [3.8, 4) is 17.2 Å². The summed E-state index contributed by atoms with van der Waals surface area (Å²) in [6.45, 7) is 0.485. The van der Waals surface area contributed by atoms with Gasteiger partial charge in [-0.2, -0.15) is 0 Å². The van der Waals surface area contributed by atoms with E-state index >= 15 is 0 Å². The topological polar surface area (TPSA) is 77.0 Å². The first-order valence-corrected chi connectivity index (χ1v) is 10.1. The van der Waals surface area contributed by atoms with E-state index in [9.17, 15) is 9.90 Å². The molecule has 2 N–H and O–H groups in total. The number of carbonyl (C=O) groups excluding carboxylic acids is 1. The highest BCUT2D eigenvalue weighted by molar-refractivity contribution is 5.90. The summed E-state index contributed by atoms with van der Waals surface area (Å²) >= 11 is 0. The van der Waals surface area contributed by atoms with E-state index in [1.54, 1.807) is 37.4 Å². The zero-order valence-corrected chi connectivity index (χ0v) is 17.7. The Kier molecular flexibility index (Phi) is 7.90. The predicted octanol–water partition coefficient (Wildman–Crippen LogP) is 4.74. The highest BCUT2D eigenvalue weighted by atomic mass is 16.5. The van der Waals surface area contributed by atoms with Crippen molar-refractivity contribution in [2.45, 2.75) is 25.6 Å². The third kappa shape index (κ3) is 6.49. The van der Waals surface area contributed by atoms with Gasteiger partial charge in [-0.05, 0) is 48.4 Å². The van der Waals surface area contributed by atoms with Gasteiger partial charge in [0.05, 0.1) is 20.3 Å². The van der Waals surface area contributed by atoms with Crippen LogP contribution in [0.3, 0.4) is 0 Å². The van der Waals surface area contributed by atoms with Crippen LogP contribution >= 0.6 is 0 Å². The van der Waals surface area contributed by atoms with Crippen LogP contribution in [0.4, 0.5) is 5.69 Å². The van der Waals surface area contributed by atoms with Gasteiger partial charge in [0.25, 0.3) is 0 Å². The van der Waals surface area contributed by atoms with E-state index in [1.807, 2.05) is 42.5 Å². The number of methoxy groups -OCH3 is 2. The second-order valence-electron chi connectivity index (χ2n) is 7.01. The summed E-state index contributed by atoms with van der Waals surface area (Å²) < 4.78 is 16.2. The number of ether oxygens (including phenoxy) is 3. The zero-order chi connectivity index (χ0) is 22.1. The van der Waals surface area contributed by atoms with Crippen LogP contribution in [-0.2, 0) is 11.4 Å². The Morgan fingerprint density at radius 2 is 1.65 bits per heavy atom. The third-order valence-electron chi connectivity index (χ3n) is 4.83. The molecule has 31 heavy (non-hydrogen) atoms. The van der Waals surface area contributed by atoms with Crippen LogP contribution in [0.2, 0.25) is 0 Å². The lowest BCUT2D eigenvalue weighted by atomic mass is 10.0. The lowest BCUT2D eigenvalue weighted by Gasteiger charge is -2.15. The van der Waals surface area contributed by atoms with Crippen LogP contribution in [0.1, 0.15) is 30.1 Å².